The van der Waals surface area contributed by atoms with Gasteiger partial charge in [0.25, 0.3) is 0 Å². The van der Waals surface area contributed by atoms with Crippen molar-refractivity contribution in [2.45, 2.75) is 107 Å². The van der Waals surface area contributed by atoms with Crippen molar-refractivity contribution < 1.29 is 44.9 Å². The van der Waals surface area contributed by atoms with E-state index in [-0.39, 0.29) is 13.0 Å². The average Bonchev–Trinajstić information content (AvgIpc) is 3.07. The van der Waals surface area contributed by atoms with E-state index < -0.39 is 55.8 Å². The van der Waals surface area contributed by atoms with E-state index in [0.717, 1.165) is 51.4 Å². The summed E-state index contributed by atoms with van der Waals surface area (Å²) in [6, 6.07) is 0. The maximum atomic E-state index is 11.9. The first-order valence-electron chi connectivity index (χ1n) is 11.2. The van der Waals surface area contributed by atoms with Gasteiger partial charge in [0.1, 0.15) is 24.4 Å². The first-order valence-corrected chi connectivity index (χ1v) is 11.2. The predicted octanol–water partition coefficient (Wildman–Crippen LogP) is 0.0163. The van der Waals surface area contributed by atoms with Gasteiger partial charge in [-0.3, -0.25) is 4.79 Å². The molecular formula is C21H40O9. The van der Waals surface area contributed by atoms with Crippen LogP contribution in [0.25, 0.3) is 0 Å². The van der Waals surface area contributed by atoms with Gasteiger partial charge in [0.15, 0.2) is 6.10 Å². The number of esters is 1. The normalized spacial score (nSPS) is 24.5. The van der Waals surface area contributed by atoms with E-state index in [1.807, 2.05) is 0 Å². The van der Waals surface area contributed by atoms with Crippen LogP contribution in [0.2, 0.25) is 0 Å². The Bertz CT molecular complexity index is 448. The molecule has 9 nitrogen and oxygen atoms in total. The first-order chi connectivity index (χ1) is 14.4. The lowest BCUT2D eigenvalue weighted by Gasteiger charge is -2.24. The van der Waals surface area contributed by atoms with Gasteiger partial charge >= 0.3 is 5.97 Å². The Morgan fingerprint density at radius 2 is 1.43 bits per heavy atom. The molecule has 30 heavy (non-hydrogen) atoms. The van der Waals surface area contributed by atoms with Crippen LogP contribution in [0, 0.1) is 0 Å². The van der Waals surface area contributed by atoms with E-state index in [4.69, 9.17) is 14.6 Å². The summed E-state index contributed by atoms with van der Waals surface area (Å²) in [6.07, 6.45) is 3.57. The highest BCUT2D eigenvalue weighted by Crippen LogP contribution is 2.20. The van der Waals surface area contributed by atoms with Gasteiger partial charge in [0.05, 0.1) is 25.9 Å². The summed E-state index contributed by atoms with van der Waals surface area (Å²) in [5.74, 6) is -0.445. The molecule has 6 N–H and O–H groups in total. The molecule has 0 aromatic heterocycles. The van der Waals surface area contributed by atoms with Gasteiger partial charge in [-0.2, -0.15) is 0 Å². The van der Waals surface area contributed by atoms with Crippen LogP contribution in [0.5, 0.6) is 0 Å². The number of aliphatic hydroxyl groups is 6. The highest BCUT2D eigenvalue weighted by Gasteiger charge is 2.41. The quantitative estimate of drug-likeness (QED) is 0.137. The minimum atomic E-state index is -1.17. The van der Waals surface area contributed by atoms with Crippen molar-refractivity contribution in [1.82, 2.24) is 0 Å². The van der Waals surface area contributed by atoms with Crippen LogP contribution in [0.3, 0.4) is 0 Å². The summed E-state index contributed by atoms with van der Waals surface area (Å²) in [5.41, 5.74) is 0. The molecule has 1 aliphatic heterocycles. The predicted molar refractivity (Wildman–Crippen MR) is 109 cm³/mol. The van der Waals surface area contributed by atoms with E-state index in [9.17, 15) is 30.3 Å². The molecule has 6 atom stereocenters. The minimum absolute atomic E-state index is 0.0469. The Balaban J connectivity index is 1.97. The molecule has 9 heteroatoms. The van der Waals surface area contributed by atoms with Crippen LogP contribution in [0.1, 0.15) is 70.6 Å². The fourth-order valence-electron chi connectivity index (χ4n) is 3.56. The van der Waals surface area contributed by atoms with Crippen molar-refractivity contribution >= 4 is 5.97 Å². The number of rotatable bonds is 17. The van der Waals surface area contributed by atoms with E-state index in [0.29, 0.717) is 12.8 Å². The molecular weight excluding hydrogens is 396 g/mol. The number of carbonyl (C=O) groups is 1. The Morgan fingerprint density at radius 3 is 1.93 bits per heavy atom. The Morgan fingerprint density at radius 1 is 0.867 bits per heavy atom. The van der Waals surface area contributed by atoms with Crippen LogP contribution in [0.4, 0.5) is 0 Å². The number of hydrogen-bond donors (Lipinski definition) is 6. The summed E-state index contributed by atoms with van der Waals surface area (Å²) >= 11 is 0. The monoisotopic (exact) mass is 436 g/mol. The molecule has 0 bridgehead atoms. The van der Waals surface area contributed by atoms with Gasteiger partial charge in [0, 0.05) is 6.42 Å². The van der Waals surface area contributed by atoms with Gasteiger partial charge in [0.2, 0.25) is 0 Å². The second kappa shape index (κ2) is 15.9. The second-order valence-corrected chi connectivity index (χ2v) is 8.10. The Labute approximate surface area is 178 Å². The van der Waals surface area contributed by atoms with Crippen molar-refractivity contribution in [3.05, 3.63) is 0 Å². The second-order valence-electron chi connectivity index (χ2n) is 8.10. The molecule has 1 fully saturated rings. The van der Waals surface area contributed by atoms with Crippen LogP contribution in [0.15, 0.2) is 0 Å². The molecule has 2 unspecified atom stereocenters. The van der Waals surface area contributed by atoms with E-state index >= 15 is 0 Å². The molecule has 0 amide bonds. The average molecular weight is 437 g/mol. The highest BCUT2D eigenvalue weighted by atomic mass is 16.6. The number of hydrogen-bond acceptors (Lipinski definition) is 9. The van der Waals surface area contributed by atoms with Crippen LogP contribution in [-0.2, 0) is 14.3 Å². The lowest BCUT2D eigenvalue weighted by atomic mass is 10.0. The lowest BCUT2D eigenvalue weighted by molar-refractivity contribution is -0.162. The number of carbonyl (C=O) groups excluding carboxylic acids is 1. The zero-order valence-corrected chi connectivity index (χ0v) is 17.8. The van der Waals surface area contributed by atoms with Crippen LogP contribution >= 0.6 is 0 Å². The SMILES string of the molecule is O=C(CCCCCCCCCCCC(O)C(O)CO)O[C@H](CO)[C@H]1OC[C@H](O)[C@H]1O. The van der Waals surface area contributed by atoms with Gasteiger partial charge in [-0.25, -0.2) is 0 Å². The van der Waals surface area contributed by atoms with E-state index in [1.54, 1.807) is 0 Å². The third-order valence-corrected chi connectivity index (χ3v) is 5.53. The van der Waals surface area contributed by atoms with Crippen molar-refractivity contribution in [2.75, 3.05) is 19.8 Å². The number of ether oxygens (including phenoxy) is 2. The first kappa shape index (κ1) is 27.2. The number of unbranched alkanes of at least 4 members (excludes halogenated alkanes) is 8. The fraction of sp³-hybridized carbons (Fsp3) is 0.952. The summed E-state index contributed by atoms with van der Waals surface area (Å²) < 4.78 is 10.4. The summed E-state index contributed by atoms with van der Waals surface area (Å²) in [7, 11) is 0. The molecule has 178 valence electrons. The van der Waals surface area contributed by atoms with Gasteiger partial charge in [-0.1, -0.05) is 51.4 Å². The highest BCUT2D eigenvalue weighted by molar-refractivity contribution is 5.69. The molecule has 0 saturated carbocycles. The third kappa shape index (κ3) is 10.5. The van der Waals surface area contributed by atoms with Gasteiger partial charge in [-0.05, 0) is 12.8 Å². The minimum Gasteiger partial charge on any atom is -0.457 e. The molecule has 0 aromatic carbocycles. The molecule has 0 spiro atoms. The topological polar surface area (TPSA) is 157 Å². The molecule has 0 aromatic rings. The molecule has 0 aliphatic carbocycles. The molecule has 1 saturated heterocycles. The van der Waals surface area contributed by atoms with Crippen LogP contribution < -0.4 is 0 Å². The largest absolute Gasteiger partial charge is 0.457 e. The van der Waals surface area contributed by atoms with Crippen molar-refractivity contribution in [1.29, 1.82) is 0 Å². The third-order valence-electron chi connectivity index (χ3n) is 5.53. The summed E-state index contributed by atoms with van der Waals surface area (Å²) in [6.45, 7) is -0.932. The van der Waals surface area contributed by atoms with Crippen molar-refractivity contribution in [3.63, 3.8) is 0 Å². The molecule has 0 radical (unpaired) electrons. The van der Waals surface area contributed by atoms with Gasteiger partial charge in [-0.15, -0.1) is 0 Å². The van der Waals surface area contributed by atoms with E-state index in [1.165, 1.54) is 0 Å². The maximum absolute atomic E-state index is 11.9. The molecule has 1 rings (SSSR count). The zero-order valence-electron chi connectivity index (χ0n) is 17.8. The van der Waals surface area contributed by atoms with Crippen molar-refractivity contribution in [2.24, 2.45) is 0 Å². The Kier molecular flexibility index (Phi) is 14.4. The maximum Gasteiger partial charge on any atom is 0.306 e. The van der Waals surface area contributed by atoms with Crippen molar-refractivity contribution in [3.8, 4) is 0 Å². The van der Waals surface area contributed by atoms with E-state index in [2.05, 4.69) is 0 Å². The van der Waals surface area contributed by atoms with Gasteiger partial charge < -0.3 is 40.1 Å². The van der Waals surface area contributed by atoms with Crippen LogP contribution in [-0.4, -0.2) is 93.1 Å². The smallest absolute Gasteiger partial charge is 0.306 e. The summed E-state index contributed by atoms with van der Waals surface area (Å²) in [4.78, 5) is 11.9. The Hall–Kier alpha value is -0.810. The zero-order chi connectivity index (χ0) is 22.4. The lowest BCUT2D eigenvalue weighted by Crippen LogP contribution is -2.43. The molecule has 1 heterocycles. The molecule has 1 aliphatic rings. The fourth-order valence-corrected chi connectivity index (χ4v) is 3.56. The number of aliphatic hydroxyl groups excluding tert-OH is 6. The summed E-state index contributed by atoms with van der Waals surface area (Å²) in [5, 5.41) is 56.2. The standard InChI is InChI=1S/C21H40O9/c22-12-16(25)15(24)10-8-6-4-2-1-3-5-7-9-11-19(27)30-18(13-23)21-20(28)17(26)14-29-21/h15-18,20-26,28H,1-14H2/t15?,16?,17-,18+,20+,21+/m0/s1.